The van der Waals surface area contributed by atoms with Crippen molar-refractivity contribution in [2.75, 3.05) is 6.54 Å². The summed E-state index contributed by atoms with van der Waals surface area (Å²) in [6, 6.07) is 4.19. The zero-order chi connectivity index (χ0) is 17.0. The highest BCUT2D eigenvalue weighted by Crippen LogP contribution is 2.60. The van der Waals surface area contributed by atoms with Gasteiger partial charge in [-0.25, -0.2) is 4.98 Å². The largest absolute Gasteiger partial charge is 0.355 e. The molecule has 4 aliphatic rings. The molecule has 0 atom stereocenters. The molecule has 4 fully saturated rings. The summed E-state index contributed by atoms with van der Waals surface area (Å²) in [5.41, 5.74) is 3.23. The first-order valence-electron chi connectivity index (χ1n) is 9.82. The molecule has 0 spiro atoms. The number of pyridine rings is 1. The molecule has 0 aliphatic heterocycles. The Bertz CT molecular complexity index is 786. The van der Waals surface area contributed by atoms with Crippen LogP contribution >= 0.6 is 0 Å². The van der Waals surface area contributed by atoms with Gasteiger partial charge in [0.15, 0.2) is 0 Å². The van der Waals surface area contributed by atoms with Gasteiger partial charge in [0.2, 0.25) is 5.91 Å². The van der Waals surface area contributed by atoms with E-state index in [1.54, 1.807) is 0 Å². The van der Waals surface area contributed by atoms with E-state index in [2.05, 4.69) is 46.2 Å². The number of fused-ring (bicyclic) bond motifs is 1. The number of hydrogen-bond acceptors (Lipinski definition) is 2. The molecule has 2 aromatic heterocycles. The molecular formula is C21H27N3O. The molecule has 1 amide bonds. The molecule has 0 unspecified atom stereocenters. The van der Waals surface area contributed by atoms with Crippen molar-refractivity contribution in [2.45, 2.75) is 51.9 Å². The number of aryl methyl sites for hydroxylation is 1. The van der Waals surface area contributed by atoms with Crippen molar-refractivity contribution in [3.05, 3.63) is 35.8 Å². The molecule has 0 saturated heterocycles. The van der Waals surface area contributed by atoms with Gasteiger partial charge in [-0.1, -0.05) is 0 Å². The Labute approximate surface area is 149 Å². The quantitative estimate of drug-likeness (QED) is 0.928. The summed E-state index contributed by atoms with van der Waals surface area (Å²) >= 11 is 0. The Morgan fingerprint density at radius 1 is 1.24 bits per heavy atom. The summed E-state index contributed by atoms with van der Waals surface area (Å²) in [5.74, 6) is 2.78. The second kappa shape index (κ2) is 5.58. The minimum atomic E-state index is -0.0369. The van der Waals surface area contributed by atoms with Crippen molar-refractivity contribution >= 4 is 11.6 Å². The fourth-order valence-electron chi connectivity index (χ4n) is 6.14. The first-order valence-corrected chi connectivity index (χ1v) is 9.82. The molecule has 4 aliphatic carbocycles. The van der Waals surface area contributed by atoms with Gasteiger partial charge in [0.25, 0.3) is 0 Å². The molecule has 2 heterocycles. The standard InChI is InChI=1S/C21H27N3O/c1-14-3-5-24-13-18(23-19(24)6-14)2-4-22-20(25)21-10-15-7-16(11-21)9-17(8-15)12-21/h3,5-6,13,15-17H,2,4,7-12H2,1H3,(H,22,25). The van der Waals surface area contributed by atoms with Gasteiger partial charge in [0, 0.05) is 30.8 Å². The predicted molar refractivity (Wildman–Crippen MR) is 97.2 cm³/mol. The van der Waals surface area contributed by atoms with Crippen LogP contribution in [0.25, 0.3) is 5.65 Å². The Morgan fingerprint density at radius 3 is 2.60 bits per heavy atom. The number of nitrogens with zero attached hydrogens (tertiary/aromatic N) is 2. The van der Waals surface area contributed by atoms with E-state index in [4.69, 9.17) is 0 Å². The van der Waals surface area contributed by atoms with Gasteiger partial charge in [0.1, 0.15) is 5.65 Å². The van der Waals surface area contributed by atoms with E-state index in [1.165, 1.54) is 24.8 Å². The number of hydrogen-bond donors (Lipinski definition) is 1. The van der Waals surface area contributed by atoms with Gasteiger partial charge < -0.3 is 9.72 Å². The van der Waals surface area contributed by atoms with Crippen LogP contribution in [-0.2, 0) is 11.2 Å². The number of nitrogens with one attached hydrogen (secondary N) is 1. The van der Waals surface area contributed by atoms with Crippen molar-refractivity contribution in [2.24, 2.45) is 23.2 Å². The second-order valence-electron chi connectivity index (χ2n) is 8.91. The molecular weight excluding hydrogens is 310 g/mol. The average Bonchev–Trinajstić information content (AvgIpc) is 2.95. The minimum absolute atomic E-state index is 0.0369. The molecule has 6 rings (SSSR count). The van der Waals surface area contributed by atoms with Crippen LogP contribution in [0.15, 0.2) is 24.5 Å². The lowest BCUT2D eigenvalue weighted by atomic mass is 9.49. The van der Waals surface area contributed by atoms with Crippen LogP contribution in [0.2, 0.25) is 0 Å². The lowest BCUT2D eigenvalue weighted by Crippen LogP contribution is -2.53. The van der Waals surface area contributed by atoms with Gasteiger partial charge >= 0.3 is 0 Å². The number of aromatic nitrogens is 2. The maximum Gasteiger partial charge on any atom is 0.226 e. The average molecular weight is 337 g/mol. The summed E-state index contributed by atoms with van der Waals surface area (Å²) in [7, 11) is 0. The van der Waals surface area contributed by atoms with E-state index in [-0.39, 0.29) is 5.41 Å². The van der Waals surface area contributed by atoms with Crippen LogP contribution in [0.1, 0.15) is 49.8 Å². The first kappa shape index (κ1) is 15.4. The molecule has 132 valence electrons. The van der Waals surface area contributed by atoms with Gasteiger partial charge in [-0.2, -0.15) is 0 Å². The number of imidazole rings is 1. The van der Waals surface area contributed by atoms with Gasteiger partial charge in [-0.15, -0.1) is 0 Å². The Morgan fingerprint density at radius 2 is 1.92 bits per heavy atom. The third-order valence-electron chi connectivity index (χ3n) is 6.85. The Hall–Kier alpha value is -1.84. The van der Waals surface area contributed by atoms with E-state index in [9.17, 15) is 4.79 Å². The van der Waals surface area contributed by atoms with Gasteiger partial charge in [0.05, 0.1) is 5.69 Å². The molecule has 25 heavy (non-hydrogen) atoms. The fourth-order valence-corrected chi connectivity index (χ4v) is 6.14. The molecule has 1 N–H and O–H groups in total. The van der Waals surface area contributed by atoms with E-state index in [0.717, 1.165) is 54.8 Å². The third kappa shape index (κ3) is 2.66. The molecule has 0 radical (unpaired) electrons. The lowest BCUT2D eigenvalue weighted by molar-refractivity contribution is -0.146. The first-order chi connectivity index (χ1) is 12.1. The highest BCUT2D eigenvalue weighted by atomic mass is 16.2. The molecule has 4 heteroatoms. The molecule has 4 nitrogen and oxygen atoms in total. The van der Waals surface area contributed by atoms with E-state index in [1.807, 2.05) is 0 Å². The summed E-state index contributed by atoms with van der Waals surface area (Å²) in [4.78, 5) is 17.6. The van der Waals surface area contributed by atoms with Crippen molar-refractivity contribution in [3.63, 3.8) is 0 Å². The van der Waals surface area contributed by atoms with Crippen molar-refractivity contribution in [3.8, 4) is 0 Å². The molecule has 4 bridgehead atoms. The van der Waals surface area contributed by atoms with Crippen LogP contribution < -0.4 is 5.32 Å². The molecule has 2 aromatic rings. The SMILES string of the molecule is Cc1ccn2cc(CCNC(=O)C34CC5CC(CC(C5)C3)C4)nc2c1. The van der Waals surface area contributed by atoms with Gasteiger partial charge in [-0.3, -0.25) is 4.79 Å². The number of carbonyl (C=O) groups excluding carboxylic acids is 1. The predicted octanol–water partition coefficient (Wildman–Crippen LogP) is 3.52. The second-order valence-corrected chi connectivity index (χ2v) is 8.91. The Balaban J connectivity index is 1.23. The van der Waals surface area contributed by atoms with Crippen LogP contribution in [0.4, 0.5) is 0 Å². The summed E-state index contributed by atoms with van der Waals surface area (Å²) < 4.78 is 2.06. The summed E-state index contributed by atoms with van der Waals surface area (Å²) in [5, 5.41) is 3.26. The highest BCUT2D eigenvalue weighted by Gasteiger charge is 2.54. The fraction of sp³-hybridized carbons (Fsp3) is 0.619. The van der Waals surface area contributed by atoms with Crippen LogP contribution in [-0.4, -0.2) is 21.8 Å². The van der Waals surface area contributed by atoms with Crippen LogP contribution in [0.5, 0.6) is 0 Å². The topological polar surface area (TPSA) is 46.4 Å². The lowest BCUT2D eigenvalue weighted by Gasteiger charge is -2.55. The molecule has 4 saturated carbocycles. The zero-order valence-electron chi connectivity index (χ0n) is 15.0. The number of rotatable bonds is 4. The minimum Gasteiger partial charge on any atom is -0.355 e. The summed E-state index contributed by atoms with van der Waals surface area (Å²) in [6.45, 7) is 2.78. The molecule has 0 aromatic carbocycles. The Kier molecular flexibility index (Phi) is 3.44. The van der Waals surface area contributed by atoms with E-state index < -0.39 is 0 Å². The third-order valence-corrected chi connectivity index (χ3v) is 6.85. The smallest absolute Gasteiger partial charge is 0.226 e. The maximum atomic E-state index is 13.0. The van der Waals surface area contributed by atoms with E-state index in [0.29, 0.717) is 12.5 Å². The van der Waals surface area contributed by atoms with E-state index >= 15 is 0 Å². The van der Waals surface area contributed by atoms with Crippen LogP contribution in [0.3, 0.4) is 0 Å². The number of amides is 1. The normalized spacial score (nSPS) is 33.1. The maximum absolute atomic E-state index is 13.0. The van der Waals surface area contributed by atoms with Gasteiger partial charge in [-0.05, 0) is 80.9 Å². The van der Waals surface area contributed by atoms with Crippen molar-refractivity contribution in [1.29, 1.82) is 0 Å². The van der Waals surface area contributed by atoms with Crippen molar-refractivity contribution < 1.29 is 4.79 Å². The summed E-state index contributed by atoms with van der Waals surface area (Å²) in [6.07, 6.45) is 12.5. The van der Waals surface area contributed by atoms with Crippen molar-refractivity contribution in [1.82, 2.24) is 14.7 Å². The number of carbonyl (C=O) groups is 1. The highest BCUT2D eigenvalue weighted by molar-refractivity contribution is 5.83. The van der Waals surface area contributed by atoms with Crippen LogP contribution in [0, 0.1) is 30.1 Å². The monoisotopic (exact) mass is 337 g/mol. The zero-order valence-corrected chi connectivity index (χ0v) is 15.0.